The number of benzene rings is 1. The number of carbonyl (C=O) groups is 1. The third-order valence-electron chi connectivity index (χ3n) is 2.77. The molecule has 0 heterocycles. The molecular weight excluding hydrogens is 228 g/mol. The number of rotatable bonds is 4. The van der Waals surface area contributed by atoms with Gasteiger partial charge in [0, 0.05) is 5.56 Å². The Kier molecular flexibility index (Phi) is 3.17. The Labute approximate surface area is 99.0 Å². The molecule has 0 aliphatic heterocycles. The molecule has 3 nitrogen and oxygen atoms in total. The Morgan fingerprint density at radius 2 is 2.25 bits per heavy atom. The molecule has 1 aliphatic carbocycles. The maximum atomic E-state index is 11.9. The number of carbonyl (C=O) groups excluding carboxylic acids is 1. The Hall–Kier alpha value is -1.06. The SMILES string of the molecule is COc1cc(C(=O)C(O)C2CC2)ccc1Cl. The average Bonchev–Trinajstić information content (AvgIpc) is 3.11. The summed E-state index contributed by atoms with van der Waals surface area (Å²) >= 11 is 5.86. The molecule has 1 atom stereocenters. The molecule has 16 heavy (non-hydrogen) atoms. The first-order valence-electron chi connectivity index (χ1n) is 5.19. The Bertz CT molecular complexity index is 413. The smallest absolute Gasteiger partial charge is 0.191 e. The van der Waals surface area contributed by atoms with Crippen LogP contribution in [0.1, 0.15) is 23.2 Å². The predicted octanol–water partition coefficient (Wildman–Crippen LogP) is 2.30. The van der Waals surface area contributed by atoms with Gasteiger partial charge in [-0.2, -0.15) is 0 Å². The largest absolute Gasteiger partial charge is 0.495 e. The monoisotopic (exact) mass is 240 g/mol. The van der Waals surface area contributed by atoms with Gasteiger partial charge in [-0.3, -0.25) is 4.79 Å². The van der Waals surface area contributed by atoms with E-state index in [-0.39, 0.29) is 11.7 Å². The van der Waals surface area contributed by atoms with Crippen molar-refractivity contribution in [2.24, 2.45) is 5.92 Å². The molecule has 1 fully saturated rings. The number of halogens is 1. The van der Waals surface area contributed by atoms with Crippen LogP contribution in [0.5, 0.6) is 5.75 Å². The van der Waals surface area contributed by atoms with Crippen molar-refractivity contribution in [3.05, 3.63) is 28.8 Å². The summed E-state index contributed by atoms with van der Waals surface area (Å²) in [7, 11) is 1.49. The molecule has 86 valence electrons. The molecule has 4 heteroatoms. The van der Waals surface area contributed by atoms with Crippen LogP contribution in [0.2, 0.25) is 5.02 Å². The zero-order chi connectivity index (χ0) is 11.7. The topological polar surface area (TPSA) is 46.5 Å². The molecule has 0 saturated heterocycles. The summed E-state index contributed by atoms with van der Waals surface area (Å²) in [6.07, 6.45) is 0.973. The van der Waals surface area contributed by atoms with E-state index in [1.165, 1.54) is 7.11 Å². The molecule has 1 saturated carbocycles. The van der Waals surface area contributed by atoms with Crippen LogP contribution in [0.3, 0.4) is 0 Å². The third-order valence-corrected chi connectivity index (χ3v) is 3.09. The van der Waals surface area contributed by atoms with Crippen molar-refractivity contribution in [3.8, 4) is 5.75 Å². The van der Waals surface area contributed by atoms with Gasteiger partial charge in [0.2, 0.25) is 0 Å². The minimum atomic E-state index is -0.883. The van der Waals surface area contributed by atoms with Gasteiger partial charge in [0.05, 0.1) is 12.1 Å². The summed E-state index contributed by atoms with van der Waals surface area (Å²) in [6.45, 7) is 0. The van der Waals surface area contributed by atoms with Gasteiger partial charge >= 0.3 is 0 Å². The summed E-state index contributed by atoms with van der Waals surface area (Å²) in [5.41, 5.74) is 0.445. The fourth-order valence-electron chi connectivity index (χ4n) is 1.61. The summed E-state index contributed by atoms with van der Waals surface area (Å²) in [5.74, 6) is 0.335. The first kappa shape index (κ1) is 11.4. The molecule has 2 rings (SSSR count). The van der Waals surface area contributed by atoms with Crippen molar-refractivity contribution in [3.63, 3.8) is 0 Å². The standard InChI is InChI=1S/C12H13ClO3/c1-16-10-6-8(4-5-9(10)13)12(15)11(14)7-2-3-7/h4-7,11,14H,2-3H2,1H3. The minimum Gasteiger partial charge on any atom is -0.495 e. The number of ketones is 1. The number of aliphatic hydroxyl groups excluding tert-OH is 1. The van der Waals surface area contributed by atoms with Crippen LogP contribution in [-0.4, -0.2) is 24.1 Å². The highest BCUT2D eigenvalue weighted by atomic mass is 35.5. The molecule has 1 aromatic carbocycles. The molecule has 0 bridgehead atoms. The van der Waals surface area contributed by atoms with E-state index in [9.17, 15) is 9.90 Å². The van der Waals surface area contributed by atoms with Crippen LogP contribution in [-0.2, 0) is 0 Å². The second-order valence-electron chi connectivity index (χ2n) is 4.00. The van der Waals surface area contributed by atoms with Gasteiger partial charge < -0.3 is 9.84 Å². The van der Waals surface area contributed by atoms with Crippen LogP contribution in [0.15, 0.2) is 18.2 Å². The van der Waals surface area contributed by atoms with Gasteiger partial charge in [-0.15, -0.1) is 0 Å². The fraction of sp³-hybridized carbons (Fsp3) is 0.417. The highest BCUT2D eigenvalue weighted by molar-refractivity contribution is 6.32. The highest BCUT2D eigenvalue weighted by Gasteiger charge is 2.35. The lowest BCUT2D eigenvalue weighted by molar-refractivity contribution is 0.0703. The third kappa shape index (κ3) is 2.20. The van der Waals surface area contributed by atoms with E-state index < -0.39 is 6.10 Å². The van der Waals surface area contributed by atoms with E-state index in [0.717, 1.165) is 12.8 Å². The zero-order valence-corrected chi connectivity index (χ0v) is 9.70. The molecule has 1 aliphatic rings. The quantitative estimate of drug-likeness (QED) is 0.822. The molecule has 1 aromatic rings. The minimum absolute atomic E-state index is 0.133. The summed E-state index contributed by atoms with van der Waals surface area (Å²) in [6, 6.07) is 4.78. The van der Waals surface area contributed by atoms with Crippen molar-refractivity contribution in [2.45, 2.75) is 18.9 Å². The number of methoxy groups -OCH3 is 1. The first-order valence-corrected chi connectivity index (χ1v) is 5.57. The maximum absolute atomic E-state index is 11.9. The summed E-state index contributed by atoms with van der Waals surface area (Å²) < 4.78 is 5.03. The molecule has 1 unspecified atom stereocenters. The molecule has 0 amide bonds. The zero-order valence-electron chi connectivity index (χ0n) is 8.94. The van der Waals surface area contributed by atoms with E-state index in [1.54, 1.807) is 18.2 Å². The maximum Gasteiger partial charge on any atom is 0.191 e. The molecule has 1 N–H and O–H groups in total. The Morgan fingerprint density at radius 1 is 1.56 bits per heavy atom. The summed E-state index contributed by atoms with van der Waals surface area (Å²) in [4.78, 5) is 11.9. The number of hydrogen-bond donors (Lipinski definition) is 1. The van der Waals surface area contributed by atoms with Gasteiger partial charge in [-0.25, -0.2) is 0 Å². The fourth-order valence-corrected chi connectivity index (χ4v) is 1.80. The van der Waals surface area contributed by atoms with Gasteiger partial charge in [-0.1, -0.05) is 11.6 Å². The van der Waals surface area contributed by atoms with Gasteiger partial charge in [0.1, 0.15) is 11.9 Å². The van der Waals surface area contributed by atoms with Crippen molar-refractivity contribution in [1.29, 1.82) is 0 Å². The number of Topliss-reactive ketones (excluding diaryl/α,β-unsaturated/α-hetero) is 1. The van der Waals surface area contributed by atoms with Gasteiger partial charge in [0.25, 0.3) is 0 Å². The second kappa shape index (κ2) is 4.44. The molecular formula is C12H13ClO3. The molecule has 0 aromatic heterocycles. The normalized spacial score (nSPS) is 16.9. The average molecular weight is 241 g/mol. The molecule has 0 radical (unpaired) electrons. The number of ether oxygens (including phenoxy) is 1. The Balaban J connectivity index is 2.22. The van der Waals surface area contributed by atoms with E-state index in [4.69, 9.17) is 16.3 Å². The van der Waals surface area contributed by atoms with E-state index in [0.29, 0.717) is 16.3 Å². The summed E-state index contributed by atoms with van der Waals surface area (Å²) in [5, 5.41) is 10.2. The van der Waals surface area contributed by atoms with Crippen LogP contribution < -0.4 is 4.74 Å². The van der Waals surface area contributed by atoms with Crippen LogP contribution >= 0.6 is 11.6 Å². The lowest BCUT2D eigenvalue weighted by atomic mass is 10.0. The van der Waals surface area contributed by atoms with Crippen molar-refractivity contribution in [1.82, 2.24) is 0 Å². The molecule has 0 spiro atoms. The predicted molar refractivity (Wildman–Crippen MR) is 61.1 cm³/mol. The van der Waals surface area contributed by atoms with Crippen LogP contribution in [0.4, 0.5) is 0 Å². The Morgan fingerprint density at radius 3 is 2.81 bits per heavy atom. The lowest BCUT2D eigenvalue weighted by Gasteiger charge is -2.09. The number of hydrogen-bond acceptors (Lipinski definition) is 3. The van der Waals surface area contributed by atoms with Gasteiger partial charge in [-0.05, 0) is 37.0 Å². The van der Waals surface area contributed by atoms with Crippen molar-refractivity contribution in [2.75, 3.05) is 7.11 Å². The first-order chi connectivity index (χ1) is 7.63. The van der Waals surface area contributed by atoms with Crippen LogP contribution in [0, 0.1) is 5.92 Å². The lowest BCUT2D eigenvalue weighted by Crippen LogP contribution is -2.22. The van der Waals surface area contributed by atoms with Crippen LogP contribution in [0.25, 0.3) is 0 Å². The van der Waals surface area contributed by atoms with E-state index in [2.05, 4.69) is 0 Å². The highest BCUT2D eigenvalue weighted by Crippen LogP contribution is 2.34. The van der Waals surface area contributed by atoms with E-state index >= 15 is 0 Å². The van der Waals surface area contributed by atoms with Crippen molar-refractivity contribution >= 4 is 17.4 Å². The van der Waals surface area contributed by atoms with Crippen molar-refractivity contribution < 1.29 is 14.6 Å². The van der Waals surface area contributed by atoms with Gasteiger partial charge in [0.15, 0.2) is 5.78 Å². The van der Waals surface area contributed by atoms with E-state index in [1.807, 2.05) is 0 Å². The second-order valence-corrected chi connectivity index (χ2v) is 4.40. The number of aliphatic hydroxyl groups is 1.